The van der Waals surface area contributed by atoms with Crippen molar-refractivity contribution in [3.63, 3.8) is 0 Å². The number of carbonyl (C=O) groups excluding carboxylic acids is 2. The average Bonchev–Trinajstić information content (AvgIpc) is 3.11. The number of amides is 2. The predicted molar refractivity (Wildman–Crippen MR) is 86.1 cm³/mol. The molecule has 1 saturated carbocycles. The highest BCUT2D eigenvalue weighted by molar-refractivity contribution is 5.82. The summed E-state index contributed by atoms with van der Waals surface area (Å²) < 4.78 is 0. The molecule has 1 heterocycles. The number of hydroxylamine groups is 1. The fourth-order valence-electron chi connectivity index (χ4n) is 3.38. The summed E-state index contributed by atoms with van der Waals surface area (Å²) in [7, 11) is 0. The Bertz CT molecular complexity index is 540. The van der Waals surface area contributed by atoms with E-state index in [0.29, 0.717) is 13.0 Å². The van der Waals surface area contributed by atoms with Crippen molar-refractivity contribution in [1.82, 2.24) is 10.4 Å². The molecule has 0 unspecified atom stereocenters. The average molecular weight is 316 g/mol. The zero-order valence-corrected chi connectivity index (χ0v) is 13.4. The number of nitrogens with zero attached hydrogens (tertiary/aromatic N) is 1. The van der Waals surface area contributed by atoms with Crippen molar-refractivity contribution in [3.8, 4) is 0 Å². The van der Waals surface area contributed by atoms with Crippen molar-refractivity contribution in [1.29, 1.82) is 0 Å². The van der Waals surface area contributed by atoms with Crippen molar-refractivity contribution in [3.05, 3.63) is 35.9 Å². The summed E-state index contributed by atoms with van der Waals surface area (Å²) in [5.74, 6) is -0.0589. The lowest BCUT2D eigenvalue weighted by Gasteiger charge is -2.32. The lowest BCUT2D eigenvalue weighted by molar-refractivity contribution is -0.161. The number of likely N-dealkylation sites (tertiary alicyclic amines) is 1. The van der Waals surface area contributed by atoms with E-state index in [0.717, 1.165) is 44.2 Å². The van der Waals surface area contributed by atoms with Crippen LogP contribution in [0.1, 0.15) is 44.1 Å². The highest BCUT2D eigenvalue weighted by Gasteiger charge is 2.31. The molecule has 1 aromatic carbocycles. The van der Waals surface area contributed by atoms with Crippen LogP contribution in [0.4, 0.5) is 0 Å². The van der Waals surface area contributed by atoms with E-state index in [9.17, 15) is 9.59 Å². The van der Waals surface area contributed by atoms with E-state index < -0.39 is 6.10 Å². The molecule has 1 aromatic rings. The third kappa shape index (κ3) is 4.10. The first kappa shape index (κ1) is 16.0. The van der Waals surface area contributed by atoms with Gasteiger partial charge in [0, 0.05) is 19.0 Å². The largest absolute Gasteiger partial charge is 0.336 e. The third-order valence-corrected chi connectivity index (χ3v) is 4.73. The molecule has 2 amide bonds. The Morgan fingerprint density at radius 1 is 1.13 bits per heavy atom. The van der Waals surface area contributed by atoms with Crippen LogP contribution in [0, 0.1) is 5.92 Å². The van der Waals surface area contributed by atoms with Gasteiger partial charge in [-0.3, -0.25) is 14.4 Å². The van der Waals surface area contributed by atoms with Gasteiger partial charge in [0.15, 0.2) is 6.10 Å². The molecule has 5 heteroatoms. The smallest absolute Gasteiger partial charge is 0.254 e. The van der Waals surface area contributed by atoms with E-state index in [-0.39, 0.29) is 17.7 Å². The van der Waals surface area contributed by atoms with E-state index >= 15 is 0 Å². The molecule has 1 atom stereocenters. The monoisotopic (exact) mass is 316 g/mol. The number of piperidine rings is 1. The van der Waals surface area contributed by atoms with Crippen LogP contribution in [0.5, 0.6) is 0 Å². The third-order valence-electron chi connectivity index (χ3n) is 4.73. The molecule has 3 rings (SSSR count). The van der Waals surface area contributed by atoms with E-state index in [4.69, 9.17) is 4.84 Å². The SMILES string of the molecule is O=C(NO[C@@H]1CCCN(Cc2ccccc2)C1=O)C1CCCC1. The number of hydrogen-bond acceptors (Lipinski definition) is 3. The molecule has 23 heavy (non-hydrogen) atoms. The summed E-state index contributed by atoms with van der Waals surface area (Å²) in [6.45, 7) is 1.33. The van der Waals surface area contributed by atoms with Gasteiger partial charge in [0.2, 0.25) is 5.91 Å². The molecule has 0 radical (unpaired) electrons. The zero-order valence-electron chi connectivity index (χ0n) is 13.4. The molecule has 0 aromatic heterocycles. The van der Waals surface area contributed by atoms with Gasteiger partial charge >= 0.3 is 0 Å². The molecule has 1 aliphatic carbocycles. The Kier molecular flexibility index (Phi) is 5.28. The van der Waals surface area contributed by atoms with Gasteiger partial charge in [-0.1, -0.05) is 43.2 Å². The van der Waals surface area contributed by atoms with Crippen molar-refractivity contribution in [2.75, 3.05) is 6.54 Å². The number of nitrogens with one attached hydrogen (secondary N) is 1. The van der Waals surface area contributed by atoms with Crippen LogP contribution < -0.4 is 5.48 Å². The van der Waals surface area contributed by atoms with E-state index in [1.807, 2.05) is 35.2 Å². The van der Waals surface area contributed by atoms with Gasteiger partial charge in [0.1, 0.15) is 0 Å². The number of carbonyl (C=O) groups is 2. The molecular weight excluding hydrogens is 292 g/mol. The van der Waals surface area contributed by atoms with Gasteiger partial charge in [-0.05, 0) is 31.2 Å². The highest BCUT2D eigenvalue weighted by atomic mass is 16.7. The minimum atomic E-state index is -0.558. The summed E-state index contributed by atoms with van der Waals surface area (Å²) in [5.41, 5.74) is 3.63. The Morgan fingerprint density at radius 3 is 2.61 bits per heavy atom. The second kappa shape index (κ2) is 7.59. The highest BCUT2D eigenvalue weighted by Crippen LogP contribution is 2.25. The van der Waals surface area contributed by atoms with Crippen molar-refractivity contribution in [2.45, 2.75) is 51.2 Å². The van der Waals surface area contributed by atoms with Gasteiger partial charge < -0.3 is 4.90 Å². The molecule has 1 saturated heterocycles. The van der Waals surface area contributed by atoms with Crippen LogP contribution in [-0.2, 0) is 21.0 Å². The Morgan fingerprint density at radius 2 is 1.87 bits per heavy atom. The lowest BCUT2D eigenvalue weighted by Crippen LogP contribution is -2.47. The standard InChI is InChI=1S/C18H24N2O3/c21-17(15-9-4-5-10-15)19-23-16-11-6-12-20(18(16)22)13-14-7-2-1-3-8-14/h1-3,7-8,15-16H,4-6,9-13H2,(H,19,21)/t16-/m1/s1. The Hall–Kier alpha value is -1.88. The topological polar surface area (TPSA) is 58.6 Å². The molecule has 2 aliphatic rings. The summed E-state index contributed by atoms with van der Waals surface area (Å²) in [6, 6.07) is 9.93. The summed E-state index contributed by atoms with van der Waals surface area (Å²) >= 11 is 0. The molecule has 1 aliphatic heterocycles. The summed E-state index contributed by atoms with van der Waals surface area (Å²) in [6.07, 6.45) is 5.05. The minimum absolute atomic E-state index is 0.0353. The van der Waals surface area contributed by atoms with Gasteiger partial charge in [-0.2, -0.15) is 0 Å². The van der Waals surface area contributed by atoms with Crippen molar-refractivity contribution in [2.24, 2.45) is 5.92 Å². The first-order valence-corrected chi connectivity index (χ1v) is 8.52. The van der Waals surface area contributed by atoms with Crippen LogP contribution >= 0.6 is 0 Å². The first-order valence-electron chi connectivity index (χ1n) is 8.52. The Balaban J connectivity index is 1.51. The van der Waals surface area contributed by atoms with Gasteiger partial charge in [-0.15, -0.1) is 0 Å². The molecule has 2 fully saturated rings. The van der Waals surface area contributed by atoms with Crippen LogP contribution in [0.15, 0.2) is 30.3 Å². The maximum absolute atomic E-state index is 12.5. The van der Waals surface area contributed by atoms with Crippen molar-refractivity contribution < 1.29 is 14.4 Å². The molecule has 5 nitrogen and oxygen atoms in total. The van der Waals surface area contributed by atoms with E-state index in [1.165, 1.54) is 0 Å². The van der Waals surface area contributed by atoms with Gasteiger partial charge in [-0.25, -0.2) is 5.48 Å². The van der Waals surface area contributed by atoms with E-state index in [1.54, 1.807) is 0 Å². The summed E-state index contributed by atoms with van der Waals surface area (Å²) in [4.78, 5) is 31.8. The second-order valence-corrected chi connectivity index (χ2v) is 6.44. The quantitative estimate of drug-likeness (QED) is 0.849. The number of rotatable bonds is 5. The number of benzene rings is 1. The van der Waals surface area contributed by atoms with Crippen LogP contribution in [0.2, 0.25) is 0 Å². The molecule has 0 spiro atoms. The second-order valence-electron chi connectivity index (χ2n) is 6.44. The fourth-order valence-corrected chi connectivity index (χ4v) is 3.38. The maximum atomic E-state index is 12.5. The fraction of sp³-hybridized carbons (Fsp3) is 0.556. The van der Waals surface area contributed by atoms with E-state index in [2.05, 4.69) is 5.48 Å². The van der Waals surface area contributed by atoms with Crippen molar-refractivity contribution >= 4 is 11.8 Å². The van der Waals surface area contributed by atoms with Crippen LogP contribution in [-0.4, -0.2) is 29.4 Å². The predicted octanol–water partition coefficient (Wildman–Crippen LogP) is 2.42. The van der Waals surface area contributed by atoms with Gasteiger partial charge in [0.25, 0.3) is 5.91 Å². The maximum Gasteiger partial charge on any atom is 0.254 e. The van der Waals surface area contributed by atoms with Crippen LogP contribution in [0.3, 0.4) is 0 Å². The normalized spacial score (nSPS) is 22.3. The molecule has 0 bridgehead atoms. The minimum Gasteiger partial charge on any atom is -0.336 e. The Labute approximate surface area is 136 Å². The summed E-state index contributed by atoms with van der Waals surface area (Å²) in [5, 5.41) is 0. The van der Waals surface area contributed by atoms with Gasteiger partial charge in [0.05, 0.1) is 0 Å². The lowest BCUT2D eigenvalue weighted by atomic mass is 10.1. The zero-order chi connectivity index (χ0) is 16.1. The first-order chi connectivity index (χ1) is 11.2. The number of hydrogen-bond donors (Lipinski definition) is 1. The molecule has 124 valence electrons. The molecular formula is C18H24N2O3. The van der Waals surface area contributed by atoms with Crippen LogP contribution in [0.25, 0.3) is 0 Å². The molecule has 1 N–H and O–H groups in total.